The Morgan fingerprint density at radius 3 is 2.70 bits per heavy atom. The van der Waals surface area contributed by atoms with Gasteiger partial charge in [-0.05, 0) is 36.8 Å². The minimum Gasteiger partial charge on any atom is -0.382 e. The lowest BCUT2D eigenvalue weighted by molar-refractivity contribution is -0.129. The maximum atomic E-state index is 13.2. The molecule has 7 heteroatoms. The topological polar surface area (TPSA) is 71.0 Å². The highest BCUT2D eigenvalue weighted by molar-refractivity contribution is 6.30. The molecule has 2 aromatic carbocycles. The fraction of sp³-hybridized carbons (Fsp3) is 0.250. The van der Waals surface area contributed by atoms with Gasteiger partial charge in [-0.2, -0.15) is 0 Å². The zero-order chi connectivity index (χ0) is 19.0. The Morgan fingerprint density at radius 1 is 1.19 bits per heavy atom. The van der Waals surface area contributed by atoms with Crippen LogP contribution >= 0.6 is 11.6 Å². The lowest BCUT2D eigenvalue weighted by atomic mass is 10.0. The third-order valence-electron chi connectivity index (χ3n) is 4.72. The van der Waals surface area contributed by atoms with Crippen LogP contribution in [0.2, 0.25) is 5.02 Å². The summed E-state index contributed by atoms with van der Waals surface area (Å²) in [5.41, 5.74) is 2.87. The normalized spacial score (nSPS) is 21.6. The summed E-state index contributed by atoms with van der Waals surface area (Å²) in [6, 6.07) is 14.2. The highest BCUT2D eigenvalue weighted by Crippen LogP contribution is 2.33. The molecule has 27 heavy (non-hydrogen) atoms. The average molecular weight is 384 g/mol. The van der Waals surface area contributed by atoms with E-state index < -0.39 is 6.10 Å². The van der Waals surface area contributed by atoms with Gasteiger partial charge in [-0.25, -0.2) is 0 Å². The molecule has 0 aliphatic carbocycles. The molecule has 2 aliphatic heterocycles. The molecule has 0 radical (unpaired) electrons. The van der Waals surface area contributed by atoms with Crippen molar-refractivity contribution in [3.8, 4) is 0 Å². The van der Waals surface area contributed by atoms with Gasteiger partial charge in [0, 0.05) is 23.9 Å². The number of hydrogen-bond acceptors (Lipinski definition) is 4. The lowest BCUT2D eigenvalue weighted by Crippen LogP contribution is -2.45. The number of halogens is 1. The summed E-state index contributed by atoms with van der Waals surface area (Å²) in [5, 5.41) is 7.59. The summed E-state index contributed by atoms with van der Waals surface area (Å²) in [5.74, 6) is -0.324. The van der Waals surface area contributed by atoms with Gasteiger partial charge in [0.1, 0.15) is 0 Å². The molecule has 0 fully saturated rings. The zero-order valence-corrected chi connectivity index (χ0v) is 15.4. The van der Waals surface area contributed by atoms with Crippen LogP contribution < -0.4 is 10.2 Å². The average Bonchev–Trinajstić information content (AvgIpc) is 3.09. The van der Waals surface area contributed by atoms with Gasteiger partial charge >= 0.3 is 0 Å². The molecule has 2 heterocycles. The molecule has 1 N–H and O–H groups in total. The van der Waals surface area contributed by atoms with Gasteiger partial charge in [0.25, 0.3) is 5.91 Å². The number of rotatable bonds is 2. The van der Waals surface area contributed by atoms with Crippen LogP contribution in [0.3, 0.4) is 0 Å². The summed E-state index contributed by atoms with van der Waals surface area (Å²) < 4.78 is 0. The molecule has 2 unspecified atom stereocenters. The summed E-state index contributed by atoms with van der Waals surface area (Å²) >= 11 is 5.92. The van der Waals surface area contributed by atoms with E-state index in [2.05, 4.69) is 10.5 Å². The number of oxime groups is 1. The molecule has 2 atom stereocenters. The van der Waals surface area contributed by atoms with E-state index in [0.717, 1.165) is 5.56 Å². The van der Waals surface area contributed by atoms with E-state index in [4.69, 9.17) is 16.4 Å². The van der Waals surface area contributed by atoms with Crippen molar-refractivity contribution in [1.82, 2.24) is 0 Å². The smallest absolute Gasteiger partial charge is 0.271 e. The van der Waals surface area contributed by atoms with Crippen LogP contribution in [0.15, 0.2) is 53.7 Å². The summed E-state index contributed by atoms with van der Waals surface area (Å²) in [6.07, 6.45) is -0.134. The summed E-state index contributed by atoms with van der Waals surface area (Å²) in [4.78, 5) is 32.4. The van der Waals surface area contributed by atoms with Crippen LogP contribution in [0.5, 0.6) is 0 Å². The van der Waals surface area contributed by atoms with Gasteiger partial charge in [0.15, 0.2) is 0 Å². The Kier molecular flexibility index (Phi) is 4.58. The maximum absolute atomic E-state index is 13.2. The number of benzene rings is 2. The van der Waals surface area contributed by atoms with Crippen LogP contribution in [0.25, 0.3) is 0 Å². The van der Waals surface area contributed by atoms with E-state index in [1.54, 1.807) is 23.1 Å². The summed E-state index contributed by atoms with van der Waals surface area (Å²) in [7, 11) is 0. The second-order valence-corrected chi connectivity index (χ2v) is 7.11. The largest absolute Gasteiger partial charge is 0.382 e. The quantitative estimate of drug-likeness (QED) is 0.861. The molecule has 6 nitrogen and oxygen atoms in total. The monoisotopic (exact) mass is 383 g/mol. The van der Waals surface area contributed by atoms with Crippen molar-refractivity contribution in [2.24, 2.45) is 5.16 Å². The number of carbonyl (C=O) groups excluding carboxylic acids is 2. The third kappa shape index (κ3) is 3.40. The second kappa shape index (κ2) is 7.04. The number of carbonyl (C=O) groups is 2. The van der Waals surface area contributed by atoms with E-state index in [-0.39, 0.29) is 24.3 Å². The lowest BCUT2D eigenvalue weighted by Gasteiger charge is -2.29. The molecule has 2 aromatic rings. The van der Waals surface area contributed by atoms with Crippen LogP contribution in [0, 0.1) is 0 Å². The zero-order valence-electron chi connectivity index (χ0n) is 14.7. The predicted octanol–water partition coefficient (Wildman–Crippen LogP) is 3.60. The number of nitrogens with one attached hydrogen (secondary N) is 1. The minimum atomic E-state index is -0.723. The molecule has 0 spiro atoms. The molecule has 0 aromatic heterocycles. The number of nitrogens with zero attached hydrogens (tertiary/aromatic N) is 2. The van der Waals surface area contributed by atoms with Gasteiger partial charge in [0.05, 0.1) is 17.1 Å². The van der Waals surface area contributed by atoms with Crippen LogP contribution in [-0.2, 0) is 14.4 Å². The highest BCUT2D eigenvalue weighted by atomic mass is 35.5. The molecule has 0 saturated carbocycles. The minimum absolute atomic E-state index is 0.115. The van der Waals surface area contributed by atoms with E-state index in [1.165, 1.54) is 0 Å². The van der Waals surface area contributed by atoms with Crippen molar-refractivity contribution in [2.75, 3.05) is 10.2 Å². The van der Waals surface area contributed by atoms with Crippen molar-refractivity contribution in [3.05, 3.63) is 59.1 Å². The van der Waals surface area contributed by atoms with E-state index >= 15 is 0 Å². The van der Waals surface area contributed by atoms with Crippen molar-refractivity contribution in [1.29, 1.82) is 0 Å². The molecular weight excluding hydrogens is 366 g/mol. The SMILES string of the molecule is CC1CC(=O)Nc2ccccc2N1C(=O)C1CC(c2ccc(Cl)cc2)=NO1. The number of anilines is 2. The first kappa shape index (κ1) is 17.5. The third-order valence-corrected chi connectivity index (χ3v) is 4.97. The fourth-order valence-electron chi connectivity index (χ4n) is 3.40. The van der Waals surface area contributed by atoms with Gasteiger partial charge in [-0.3, -0.25) is 9.59 Å². The van der Waals surface area contributed by atoms with Crippen LogP contribution in [0.4, 0.5) is 11.4 Å². The number of amides is 2. The van der Waals surface area contributed by atoms with E-state index in [9.17, 15) is 9.59 Å². The van der Waals surface area contributed by atoms with Crippen molar-refractivity contribution in [2.45, 2.75) is 31.9 Å². The Labute approximate surface area is 161 Å². The molecule has 138 valence electrons. The highest BCUT2D eigenvalue weighted by Gasteiger charge is 2.37. The predicted molar refractivity (Wildman–Crippen MR) is 104 cm³/mol. The first-order valence-corrected chi connectivity index (χ1v) is 9.11. The van der Waals surface area contributed by atoms with Gasteiger partial charge in [0.2, 0.25) is 12.0 Å². The molecular formula is C20H18ClN3O3. The van der Waals surface area contributed by atoms with Crippen molar-refractivity contribution >= 4 is 40.5 Å². The van der Waals surface area contributed by atoms with Crippen molar-refractivity contribution in [3.63, 3.8) is 0 Å². The molecule has 2 amide bonds. The number of fused-ring (bicyclic) bond motifs is 1. The van der Waals surface area contributed by atoms with E-state index in [0.29, 0.717) is 28.5 Å². The van der Waals surface area contributed by atoms with Crippen LogP contribution in [0.1, 0.15) is 25.3 Å². The fourth-order valence-corrected chi connectivity index (χ4v) is 3.53. The maximum Gasteiger partial charge on any atom is 0.271 e. The Morgan fingerprint density at radius 2 is 1.93 bits per heavy atom. The molecule has 0 bridgehead atoms. The standard InChI is InChI=1S/C20H18ClN3O3/c1-12-10-19(25)22-15-4-2-3-5-17(15)24(12)20(26)18-11-16(23-27-18)13-6-8-14(21)9-7-13/h2-9,12,18H,10-11H2,1H3,(H,22,25). The second-order valence-electron chi connectivity index (χ2n) is 6.67. The molecule has 2 aliphatic rings. The van der Waals surface area contributed by atoms with Gasteiger partial charge in [-0.15, -0.1) is 0 Å². The number of hydrogen-bond donors (Lipinski definition) is 1. The van der Waals surface area contributed by atoms with Gasteiger partial charge < -0.3 is 15.1 Å². The van der Waals surface area contributed by atoms with E-state index in [1.807, 2.05) is 37.3 Å². The first-order valence-electron chi connectivity index (χ1n) is 8.73. The number of para-hydroxylation sites is 2. The summed E-state index contributed by atoms with van der Waals surface area (Å²) in [6.45, 7) is 1.86. The molecule has 4 rings (SSSR count). The Hall–Kier alpha value is -2.86. The van der Waals surface area contributed by atoms with Crippen molar-refractivity contribution < 1.29 is 14.4 Å². The van der Waals surface area contributed by atoms with Gasteiger partial charge in [-0.1, -0.05) is 41.0 Å². The van der Waals surface area contributed by atoms with Crippen LogP contribution in [-0.4, -0.2) is 29.7 Å². The Balaban J connectivity index is 1.58. The Bertz CT molecular complexity index is 926. The first-order chi connectivity index (χ1) is 13.0. The molecule has 0 saturated heterocycles.